The van der Waals surface area contributed by atoms with Crippen molar-refractivity contribution >= 4 is 0 Å². The van der Waals surface area contributed by atoms with Gasteiger partial charge in [0.15, 0.2) is 0 Å². The molecular formula is C19H30N2. The molecule has 2 heterocycles. The molecule has 1 saturated heterocycles. The largest absolute Gasteiger partial charge is 0.306 e. The van der Waals surface area contributed by atoms with Crippen LogP contribution in [-0.2, 0) is 19.5 Å². The SMILES string of the molecule is CN1CCC(Cc2ccc3c(c2)CN(C(C)(C)C)C3)CC1. The average molecular weight is 286 g/mol. The summed E-state index contributed by atoms with van der Waals surface area (Å²) in [5, 5.41) is 0. The van der Waals surface area contributed by atoms with E-state index in [1.54, 1.807) is 11.1 Å². The van der Waals surface area contributed by atoms with Crippen molar-refractivity contribution in [3.05, 3.63) is 34.9 Å². The number of fused-ring (bicyclic) bond motifs is 1. The predicted molar refractivity (Wildman–Crippen MR) is 89.4 cm³/mol. The molecule has 2 aliphatic heterocycles. The number of likely N-dealkylation sites (tertiary alicyclic amines) is 1. The van der Waals surface area contributed by atoms with Crippen molar-refractivity contribution in [1.29, 1.82) is 0 Å². The molecule has 2 nitrogen and oxygen atoms in total. The summed E-state index contributed by atoms with van der Waals surface area (Å²) in [5.74, 6) is 0.888. The minimum Gasteiger partial charge on any atom is -0.306 e. The van der Waals surface area contributed by atoms with E-state index in [0.29, 0.717) is 0 Å². The molecular weight excluding hydrogens is 256 g/mol. The van der Waals surface area contributed by atoms with Gasteiger partial charge in [0, 0.05) is 18.6 Å². The first kappa shape index (κ1) is 15.1. The summed E-state index contributed by atoms with van der Waals surface area (Å²) in [7, 11) is 2.24. The maximum atomic E-state index is 2.58. The van der Waals surface area contributed by atoms with E-state index in [0.717, 1.165) is 19.0 Å². The summed E-state index contributed by atoms with van der Waals surface area (Å²) in [5.41, 5.74) is 4.93. The van der Waals surface area contributed by atoms with Crippen molar-refractivity contribution in [3.8, 4) is 0 Å². The first-order chi connectivity index (χ1) is 9.91. The highest BCUT2D eigenvalue weighted by atomic mass is 15.2. The van der Waals surface area contributed by atoms with Crippen molar-refractivity contribution in [1.82, 2.24) is 9.80 Å². The van der Waals surface area contributed by atoms with E-state index in [1.807, 2.05) is 0 Å². The molecule has 0 aliphatic carbocycles. The van der Waals surface area contributed by atoms with Crippen LogP contribution in [0.3, 0.4) is 0 Å². The Bertz CT molecular complexity index is 493. The highest BCUT2D eigenvalue weighted by Gasteiger charge is 2.28. The van der Waals surface area contributed by atoms with E-state index in [1.165, 1.54) is 37.9 Å². The topological polar surface area (TPSA) is 6.48 Å². The van der Waals surface area contributed by atoms with E-state index < -0.39 is 0 Å². The molecule has 0 unspecified atom stereocenters. The minimum absolute atomic E-state index is 0.271. The lowest BCUT2D eigenvalue weighted by molar-refractivity contribution is 0.136. The molecule has 2 aliphatic rings. The summed E-state index contributed by atoms with van der Waals surface area (Å²) in [6.45, 7) is 11.7. The molecule has 116 valence electrons. The lowest BCUT2D eigenvalue weighted by atomic mass is 9.89. The third-order valence-electron chi connectivity index (χ3n) is 5.30. The van der Waals surface area contributed by atoms with Crippen LogP contribution in [0.2, 0.25) is 0 Å². The lowest BCUT2D eigenvalue weighted by Gasteiger charge is -2.31. The molecule has 3 rings (SSSR count). The Labute approximate surface area is 130 Å². The lowest BCUT2D eigenvalue weighted by Crippen LogP contribution is -2.36. The zero-order valence-electron chi connectivity index (χ0n) is 14.2. The molecule has 0 spiro atoms. The summed E-state index contributed by atoms with van der Waals surface area (Å²) in [6.07, 6.45) is 4.00. The summed E-state index contributed by atoms with van der Waals surface area (Å²) in [6, 6.07) is 7.24. The van der Waals surface area contributed by atoms with E-state index in [9.17, 15) is 0 Å². The monoisotopic (exact) mass is 286 g/mol. The Morgan fingerprint density at radius 3 is 2.38 bits per heavy atom. The van der Waals surface area contributed by atoms with E-state index in [-0.39, 0.29) is 5.54 Å². The third-order valence-corrected chi connectivity index (χ3v) is 5.30. The zero-order valence-corrected chi connectivity index (χ0v) is 14.2. The van der Waals surface area contributed by atoms with Gasteiger partial charge >= 0.3 is 0 Å². The second-order valence-electron chi connectivity index (χ2n) is 8.08. The fourth-order valence-corrected chi connectivity index (χ4v) is 3.65. The van der Waals surface area contributed by atoms with Gasteiger partial charge in [-0.05, 0) is 82.8 Å². The molecule has 0 bridgehead atoms. The molecule has 0 atom stereocenters. The Morgan fingerprint density at radius 2 is 1.71 bits per heavy atom. The molecule has 21 heavy (non-hydrogen) atoms. The Morgan fingerprint density at radius 1 is 1.05 bits per heavy atom. The molecule has 0 saturated carbocycles. The Hall–Kier alpha value is -0.860. The van der Waals surface area contributed by atoms with E-state index in [2.05, 4.69) is 55.8 Å². The Kier molecular flexibility index (Phi) is 4.11. The van der Waals surface area contributed by atoms with Crippen molar-refractivity contribution in [3.63, 3.8) is 0 Å². The van der Waals surface area contributed by atoms with E-state index >= 15 is 0 Å². The number of nitrogens with zero attached hydrogens (tertiary/aromatic N) is 2. The van der Waals surface area contributed by atoms with Gasteiger partial charge in [0.25, 0.3) is 0 Å². The highest BCUT2D eigenvalue weighted by Crippen LogP contribution is 2.30. The van der Waals surface area contributed by atoms with E-state index in [4.69, 9.17) is 0 Å². The van der Waals surface area contributed by atoms with Crippen LogP contribution in [0, 0.1) is 5.92 Å². The number of piperidine rings is 1. The van der Waals surface area contributed by atoms with Crippen molar-refractivity contribution in [2.24, 2.45) is 5.92 Å². The standard InChI is InChI=1S/C19H30N2/c1-19(2,3)21-13-17-6-5-16(12-18(17)14-21)11-15-7-9-20(4)10-8-15/h5-6,12,15H,7-11,13-14H2,1-4H3. The fourth-order valence-electron chi connectivity index (χ4n) is 3.65. The van der Waals surface area contributed by atoms with Gasteiger partial charge in [0.1, 0.15) is 0 Å². The second kappa shape index (κ2) is 5.73. The van der Waals surface area contributed by atoms with Gasteiger partial charge < -0.3 is 4.90 Å². The third kappa shape index (κ3) is 3.49. The van der Waals surface area contributed by atoms with Crippen LogP contribution in [0.15, 0.2) is 18.2 Å². The maximum Gasteiger partial charge on any atom is 0.0245 e. The smallest absolute Gasteiger partial charge is 0.0245 e. The molecule has 1 aromatic carbocycles. The van der Waals surface area contributed by atoms with Gasteiger partial charge in [-0.25, -0.2) is 0 Å². The van der Waals surface area contributed by atoms with Crippen LogP contribution in [0.4, 0.5) is 0 Å². The van der Waals surface area contributed by atoms with Gasteiger partial charge in [0.05, 0.1) is 0 Å². The van der Waals surface area contributed by atoms with Crippen LogP contribution in [0.1, 0.15) is 50.3 Å². The Balaban J connectivity index is 1.65. The minimum atomic E-state index is 0.271. The van der Waals surface area contributed by atoms with Crippen LogP contribution >= 0.6 is 0 Å². The maximum absolute atomic E-state index is 2.58. The number of rotatable bonds is 2. The summed E-state index contributed by atoms with van der Waals surface area (Å²) >= 11 is 0. The van der Waals surface area contributed by atoms with Crippen LogP contribution in [-0.4, -0.2) is 35.5 Å². The number of hydrogen-bond donors (Lipinski definition) is 0. The van der Waals surface area contributed by atoms with Crippen molar-refractivity contribution in [2.75, 3.05) is 20.1 Å². The molecule has 1 aromatic rings. The molecule has 0 aromatic heterocycles. The van der Waals surface area contributed by atoms with Crippen molar-refractivity contribution in [2.45, 2.75) is 58.7 Å². The normalized spacial score (nSPS) is 21.7. The molecule has 0 radical (unpaired) electrons. The molecule has 0 amide bonds. The van der Waals surface area contributed by atoms with Crippen LogP contribution < -0.4 is 0 Å². The van der Waals surface area contributed by atoms with Gasteiger partial charge in [-0.3, -0.25) is 4.90 Å². The predicted octanol–water partition coefficient (Wildman–Crippen LogP) is 3.69. The fraction of sp³-hybridized carbons (Fsp3) is 0.684. The summed E-state index contributed by atoms with van der Waals surface area (Å²) < 4.78 is 0. The highest BCUT2D eigenvalue weighted by molar-refractivity contribution is 5.35. The first-order valence-corrected chi connectivity index (χ1v) is 8.46. The zero-order chi connectivity index (χ0) is 15.0. The van der Waals surface area contributed by atoms with Crippen LogP contribution in [0.25, 0.3) is 0 Å². The number of hydrogen-bond acceptors (Lipinski definition) is 2. The van der Waals surface area contributed by atoms with Gasteiger partial charge in [0.2, 0.25) is 0 Å². The quantitative estimate of drug-likeness (QED) is 0.818. The first-order valence-electron chi connectivity index (χ1n) is 8.46. The molecule has 2 heteroatoms. The second-order valence-corrected chi connectivity index (χ2v) is 8.08. The van der Waals surface area contributed by atoms with Gasteiger partial charge in [-0.15, -0.1) is 0 Å². The molecule has 0 N–H and O–H groups in total. The van der Waals surface area contributed by atoms with Gasteiger partial charge in [-0.1, -0.05) is 18.2 Å². The summed E-state index contributed by atoms with van der Waals surface area (Å²) in [4.78, 5) is 5.04. The average Bonchev–Trinajstić information content (AvgIpc) is 2.84. The van der Waals surface area contributed by atoms with Gasteiger partial charge in [-0.2, -0.15) is 0 Å². The number of benzene rings is 1. The van der Waals surface area contributed by atoms with Crippen molar-refractivity contribution < 1.29 is 0 Å². The molecule has 1 fully saturated rings. The van der Waals surface area contributed by atoms with Crippen LogP contribution in [0.5, 0.6) is 0 Å².